The average molecular weight is 500 g/mol. The molecule has 27 heavy (non-hydrogen) atoms. The molecule has 1 aliphatic heterocycles. The number of thiophene rings is 1. The fraction of sp³-hybridized carbons (Fsp3) is 0.368. The first-order valence-electron chi connectivity index (χ1n) is 8.62. The standard InChI is InChI=1S/C19H24N4O2S.HI/c1-23(2)18(24)13-21-19(20-12-14-6-5-11-26-14)22-16-9-10-25-17-8-4-3-7-15(16)17;/h3-8,11,16H,9-10,12-13H2,1-2H3,(H2,20,21,22);1H. The Kier molecular flexibility index (Phi) is 8.36. The van der Waals surface area contributed by atoms with Crippen molar-refractivity contribution in [1.29, 1.82) is 0 Å². The third-order valence-corrected chi connectivity index (χ3v) is 5.03. The van der Waals surface area contributed by atoms with Crippen molar-refractivity contribution >= 4 is 47.2 Å². The minimum Gasteiger partial charge on any atom is -0.493 e. The highest BCUT2D eigenvalue weighted by atomic mass is 127. The second kappa shape index (κ2) is 10.5. The molecule has 1 unspecified atom stereocenters. The van der Waals surface area contributed by atoms with Gasteiger partial charge in [-0.15, -0.1) is 35.3 Å². The lowest BCUT2D eigenvalue weighted by molar-refractivity contribution is -0.127. The monoisotopic (exact) mass is 500 g/mol. The topological polar surface area (TPSA) is 66.0 Å². The highest BCUT2D eigenvalue weighted by Crippen LogP contribution is 2.31. The minimum absolute atomic E-state index is 0. The molecule has 1 atom stereocenters. The molecule has 0 saturated carbocycles. The highest BCUT2D eigenvalue weighted by Gasteiger charge is 2.22. The Hall–Kier alpha value is -1.81. The predicted molar refractivity (Wildman–Crippen MR) is 120 cm³/mol. The molecule has 0 fully saturated rings. The summed E-state index contributed by atoms with van der Waals surface area (Å²) in [7, 11) is 3.47. The maximum Gasteiger partial charge on any atom is 0.243 e. The van der Waals surface area contributed by atoms with E-state index in [1.165, 1.54) is 4.88 Å². The molecule has 3 rings (SSSR count). The molecule has 0 saturated heterocycles. The van der Waals surface area contributed by atoms with Crippen LogP contribution in [0.3, 0.4) is 0 Å². The normalized spacial score (nSPS) is 15.8. The number of rotatable bonds is 5. The Morgan fingerprint density at radius 1 is 1.30 bits per heavy atom. The number of likely N-dealkylation sites (N-methyl/N-ethyl adjacent to an activating group) is 1. The maximum atomic E-state index is 11.9. The van der Waals surface area contributed by atoms with Gasteiger partial charge in [0.25, 0.3) is 0 Å². The quantitative estimate of drug-likeness (QED) is 0.377. The highest BCUT2D eigenvalue weighted by molar-refractivity contribution is 14.0. The number of carbonyl (C=O) groups is 1. The lowest BCUT2D eigenvalue weighted by Gasteiger charge is -2.28. The predicted octanol–water partition coefficient (Wildman–Crippen LogP) is 3.01. The lowest BCUT2D eigenvalue weighted by atomic mass is 10.0. The zero-order chi connectivity index (χ0) is 18.4. The Morgan fingerprint density at radius 2 is 2.11 bits per heavy atom. The van der Waals surface area contributed by atoms with Crippen LogP contribution in [0.4, 0.5) is 0 Å². The number of fused-ring (bicyclic) bond motifs is 1. The van der Waals surface area contributed by atoms with Crippen molar-refractivity contribution in [3.8, 4) is 5.75 Å². The molecule has 1 aliphatic rings. The number of ether oxygens (including phenoxy) is 1. The number of aliphatic imine (C=N–C) groups is 1. The molecule has 0 aliphatic carbocycles. The van der Waals surface area contributed by atoms with Crippen LogP contribution in [-0.4, -0.2) is 44.0 Å². The summed E-state index contributed by atoms with van der Waals surface area (Å²) >= 11 is 1.69. The maximum absolute atomic E-state index is 11.9. The number of nitrogens with zero attached hydrogens (tertiary/aromatic N) is 2. The fourth-order valence-electron chi connectivity index (χ4n) is 2.68. The summed E-state index contributed by atoms with van der Waals surface area (Å²) < 4.78 is 5.72. The van der Waals surface area contributed by atoms with Crippen molar-refractivity contribution in [2.45, 2.75) is 19.0 Å². The molecule has 0 bridgehead atoms. The third kappa shape index (κ3) is 6.10. The summed E-state index contributed by atoms with van der Waals surface area (Å²) in [5.41, 5.74) is 1.11. The number of halogens is 1. The van der Waals surface area contributed by atoms with Crippen molar-refractivity contribution in [3.05, 3.63) is 52.2 Å². The summed E-state index contributed by atoms with van der Waals surface area (Å²) in [4.78, 5) is 19.2. The van der Waals surface area contributed by atoms with Crippen LogP contribution in [0.1, 0.15) is 22.9 Å². The molecule has 1 amide bonds. The Balaban J connectivity index is 0.00000261. The van der Waals surface area contributed by atoms with Gasteiger partial charge >= 0.3 is 0 Å². The van der Waals surface area contributed by atoms with Gasteiger partial charge in [0.15, 0.2) is 5.96 Å². The number of hydrogen-bond acceptors (Lipinski definition) is 4. The van der Waals surface area contributed by atoms with Gasteiger partial charge in [-0.05, 0) is 17.5 Å². The molecule has 1 aromatic heterocycles. The minimum atomic E-state index is -0.0328. The van der Waals surface area contributed by atoms with Gasteiger partial charge in [0.1, 0.15) is 12.3 Å². The van der Waals surface area contributed by atoms with E-state index < -0.39 is 0 Å². The van der Waals surface area contributed by atoms with Gasteiger partial charge in [-0.1, -0.05) is 24.3 Å². The molecule has 2 N–H and O–H groups in total. The summed E-state index contributed by atoms with van der Waals surface area (Å²) in [5, 5.41) is 8.84. The van der Waals surface area contributed by atoms with Crippen molar-refractivity contribution < 1.29 is 9.53 Å². The smallest absolute Gasteiger partial charge is 0.243 e. The van der Waals surface area contributed by atoms with Crippen molar-refractivity contribution in [2.75, 3.05) is 27.2 Å². The molecule has 146 valence electrons. The van der Waals surface area contributed by atoms with E-state index in [0.717, 1.165) is 17.7 Å². The van der Waals surface area contributed by atoms with Gasteiger partial charge < -0.3 is 20.3 Å². The number of amides is 1. The molecule has 6 nitrogen and oxygen atoms in total. The number of benzene rings is 1. The van der Waals surface area contributed by atoms with E-state index in [1.54, 1.807) is 30.3 Å². The average Bonchev–Trinajstić information content (AvgIpc) is 3.17. The van der Waals surface area contributed by atoms with Crippen molar-refractivity contribution in [1.82, 2.24) is 15.5 Å². The second-order valence-electron chi connectivity index (χ2n) is 6.26. The van der Waals surface area contributed by atoms with Gasteiger partial charge in [0.05, 0.1) is 19.2 Å². The van der Waals surface area contributed by atoms with Crippen LogP contribution in [0.2, 0.25) is 0 Å². The van der Waals surface area contributed by atoms with Gasteiger partial charge in [-0.2, -0.15) is 0 Å². The molecular formula is C19H25IN4O2S. The molecule has 0 radical (unpaired) electrons. The number of hydrogen-bond donors (Lipinski definition) is 2. The summed E-state index contributed by atoms with van der Waals surface area (Å²) in [6, 6.07) is 12.2. The molecule has 1 aromatic carbocycles. The van der Waals surface area contributed by atoms with Gasteiger partial charge in [-0.3, -0.25) is 4.79 Å². The van der Waals surface area contributed by atoms with E-state index in [2.05, 4.69) is 27.8 Å². The first-order chi connectivity index (χ1) is 12.6. The van der Waals surface area contributed by atoms with Crippen molar-refractivity contribution in [2.24, 2.45) is 4.99 Å². The van der Waals surface area contributed by atoms with Crippen LogP contribution in [-0.2, 0) is 11.3 Å². The zero-order valence-electron chi connectivity index (χ0n) is 15.5. The van der Waals surface area contributed by atoms with Crippen LogP contribution in [0, 0.1) is 0 Å². The largest absolute Gasteiger partial charge is 0.493 e. The molecule has 8 heteroatoms. The summed E-state index contributed by atoms with van der Waals surface area (Å²) in [6.45, 7) is 1.44. The number of carbonyl (C=O) groups excluding carboxylic acids is 1. The SMILES string of the molecule is CN(C)C(=O)CN=C(NCc1cccs1)NC1CCOc2ccccc21.I. The molecule has 0 spiro atoms. The molecule has 2 aromatic rings. The zero-order valence-corrected chi connectivity index (χ0v) is 18.6. The van der Waals surface area contributed by atoms with Gasteiger partial charge in [-0.25, -0.2) is 4.99 Å². The third-order valence-electron chi connectivity index (χ3n) is 4.15. The van der Waals surface area contributed by atoms with Gasteiger partial charge in [0.2, 0.25) is 5.91 Å². The lowest BCUT2D eigenvalue weighted by Crippen LogP contribution is -2.41. The van der Waals surface area contributed by atoms with Gasteiger partial charge in [0, 0.05) is 31.0 Å². The molecular weight excluding hydrogens is 475 g/mol. The van der Waals surface area contributed by atoms with E-state index in [9.17, 15) is 4.79 Å². The van der Waals surface area contributed by atoms with Crippen LogP contribution in [0.25, 0.3) is 0 Å². The first-order valence-corrected chi connectivity index (χ1v) is 9.50. The van der Waals surface area contributed by atoms with Crippen LogP contribution in [0.15, 0.2) is 46.8 Å². The number of guanidine groups is 1. The van der Waals surface area contributed by atoms with E-state index >= 15 is 0 Å². The second-order valence-corrected chi connectivity index (χ2v) is 7.29. The van der Waals surface area contributed by atoms with Crippen LogP contribution >= 0.6 is 35.3 Å². The Morgan fingerprint density at radius 3 is 2.85 bits per heavy atom. The fourth-order valence-corrected chi connectivity index (χ4v) is 3.33. The van der Waals surface area contributed by atoms with E-state index in [4.69, 9.17) is 4.74 Å². The first kappa shape index (κ1) is 21.5. The number of para-hydroxylation sites is 1. The Labute approximate surface area is 181 Å². The summed E-state index contributed by atoms with van der Waals surface area (Å²) in [6.07, 6.45) is 0.846. The van der Waals surface area contributed by atoms with E-state index in [1.807, 2.05) is 29.6 Å². The van der Waals surface area contributed by atoms with Crippen LogP contribution in [0.5, 0.6) is 5.75 Å². The summed E-state index contributed by atoms with van der Waals surface area (Å²) in [5.74, 6) is 1.50. The Bertz CT molecular complexity index is 765. The molecule has 2 heterocycles. The van der Waals surface area contributed by atoms with E-state index in [0.29, 0.717) is 19.1 Å². The van der Waals surface area contributed by atoms with E-state index in [-0.39, 0.29) is 42.5 Å². The number of nitrogens with one attached hydrogen (secondary N) is 2. The van der Waals surface area contributed by atoms with Crippen LogP contribution < -0.4 is 15.4 Å². The van der Waals surface area contributed by atoms with Crippen molar-refractivity contribution in [3.63, 3.8) is 0 Å².